The third-order valence-corrected chi connectivity index (χ3v) is 4.42. The van der Waals surface area contributed by atoms with Gasteiger partial charge in [0.25, 0.3) is 0 Å². The summed E-state index contributed by atoms with van der Waals surface area (Å²) in [7, 11) is 0. The summed E-state index contributed by atoms with van der Waals surface area (Å²) < 4.78 is 5.89. The molecule has 2 heteroatoms. The van der Waals surface area contributed by atoms with E-state index in [9.17, 15) is 0 Å². The van der Waals surface area contributed by atoms with E-state index in [0.717, 1.165) is 24.2 Å². The van der Waals surface area contributed by atoms with E-state index in [1.807, 2.05) is 0 Å². The largest absolute Gasteiger partial charge is 0.372 e. The molecule has 3 aromatic rings. The third-order valence-electron chi connectivity index (χ3n) is 4.42. The molecule has 1 aliphatic rings. The highest BCUT2D eigenvalue weighted by molar-refractivity contribution is 6.07. The Bertz CT molecular complexity index is 803. The lowest BCUT2D eigenvalue weighted by Gasteiger charge is -2.23. The van der Waals surface area contributed by atoms with Crippen LogP contribution < -0.4 is 0 Å². The van der Waals surface area contributed by atoms with Crippen molar-refractivity contribution in [3.63, 3.8) is 0 Å². The first-order valence-electron chi connectivity index (χ1n) is 7.73. The van der Waals surface area contributed by atoms with E-state index in [-0.39, 0.29) is 6.10 Å². The van der Waals surface area contributed by atoms with Crippen LogP contribution in [0, 0.1) is 6.92 Å². The number of nitrogens with zero attached hydrogens (tertiary/aromatic N) is 1. The number of aryl methyl sites for hydroxylation is 1. The summed E-state index contributed by atoms with van der Waals surface area (Å²) in [5, 5.41) is 3.83. The number of hydrogen-bond donors (Lipinski definition) is 0. The van der Waals surface area contributed by atoms with Crippen LogP contribution in [0.5, 0.6) is 0 Å². The molecule has 0 bridgehead atoms. The Hall–Kier alpha value is -1.93. The summed E-state index contributed by atoms with van der Waals surface area (Å²) in [4.78, 5) is 4.88. The lowest BCUT2D eigenvalue weighted by molar-refractivity contribution is 0.0125. The first-order valence-corrected chi connectivity index (χ1v) is 7.73. The van der Waals surface area contributed by atoms with Crippen LogP contribution in [-0.4, -0.2) is 11.6 Å². The van der Waals surface area contributed by atoms with Crippen molar-refractivity contribution < 1.29 is 4.74 Å². The van der Waals surface area contributed by atoms with Crippen LogP contribution >= 0.6 is 0 Å². The molecule has 4 rings (SSSR count). The number of fused-ring (bicyclic) bond motifs is 3. The molecule has 2 nitrogen and oxygen atoms in total. The summed E-state index contributed by atoms with van der Waals surface area (Å²) in [5.74, 6) is 0. The molecule has 0 amide bonds. The normalized spacial score (nSPS) is 19.2. The molecule has 2 aromatic carbocycles. The fraction of sp³-hybridized carbons (Fsp3) is 0.316. The number of hydrogen-bond acceptors (Lipinski definition) is 2. The van der Waals surface area contributed by atoms with E-state index in [2.05, 4.69) is 49.4 Å². The average Bonchev–Trinajstić information content (AvgIpc) is 2.55. The SMILES string of the molecule is Cc1cc(C2CCCCO2)nc2ccc3ccccc3c12. The van der Waals surface area contributed by atoms with Crippen molar-refractivity contribution in [2.45, 2.75) is 32.3 Å². The highest BCUT2D eigenvalue weighted by Gasteiger charge is 2.18. The Balaban J connectivity index is 1.92. The quantitative estimate of drug-likeness (QED) is 0.588. The minimum absolute atomic E-state index is 0.174. The third kappa shape index (κ3) is 2.20. The van der Waals surface area contributed by atoms with Crippen molar-refractivity contribution in [3.05, 3.63) is 53.7 Å². The molecule has 0 saturated carbocycles. The van der Waals surface area contributed by atoms with E-state index in [0.29, 0.717) is 0 Å². The Morgan fingerprint density at radius 3 is 2.86 bits per heavy atom. The van der Waals surface area contributed by atoms with Gasteiger partial charge in [0.05, 0.1) is 17.3 Å². The summed E-state index contributed by atoms with van der Waals surface area (Å²) >= 11 is 0. The summed E-state index contributed by atoms with van der Waals surface area (Å²) in [5.41, 5.74) is 3.47. The minimum Gasteiger partial charge on any atom is -0.372 e. The van der Waals surface area contributed by atoms with Crippen LogP contribution in [0.15, 0.2) is 42.5 Å². The maximum absolute atomic E-state index is 5.89. The van der Waals surface area contributed by atoms with E-state index < -0.39 is 0 Å². The monoisotopic (exact) mass is 277 g/mol. The zero-order valence-electron chi connectivity index (χ0n) is 12.3. The second-order valence-corrected chi connectivity index (χ2v) is 5.90. The number of pyridine rings is 1. The Morgan fingerprint density at radius 1 is 1.10 bits per heavy atom. The van der Waals surface area contributed by atoms with Gasteiger partial charge in [-0.3, -0.25) is 4.98 Å². The first kappa shape index (κ1) is 12.8. The highest BCUT2D eigenvalue weighted by atomic mass is 16.5. The fourth-order valence-corrected chi connectivity index (χ4v) is 3.37. The maximum atomic E-state index is 5.89. The van der Waals surface area contributed by atoms with Crippen LogP contribution in [0.25, 0.3) is 21.7 Å². The van der Waals surface area contributed by atoms with Crippen molar-refractivity contribution in [2.75, 3.05) is 6.61 Å². The van der Waals surface area contributed by atoms with Gasteiger partial charge in [0, 0.05) is 12.0 Å². The molecule has 1 unspecified atom stereocenters. The van der Waals surface area contributed by atoms with Crippen molar-refractivity contribution in [1.29, 1.82) is 0 Å². The number of rotatable bonds is 1. The van der Waals surface area contributed by atoms with Crippen LogP contribution in [0.3, 0.4) is 0 Å². The zero-order valence-corrected chi connectivity index (χ0v) is 12.3. The molecule has 0 aliphatic carbocycles. The van der Waals surface area contributed by atoms with Gasteiger partial charge in [-0.2, -0.15) is 0 Å². The zero-order chi connectivity index (χ0) is 14.2. The molecule has 1 atom stereocenters. The molecule has 1 aromatic heterocycles. The summed E-state index contributed by atoms with van der Waals surface area (Å²) in [6, 6.07) is 15.0. The topological polar surface area (TPSA) is 22.1 Å². The molecule has 0 radical (unpaired) electrons. The molecular weight excluding hydrogens is 258 g/mol. The second kappa shape index (κ2) is 5.12. The molecule has 1 saturated heterocycles. The van der Waals surface area contributed by atoms with Crippen molar-refractivity contribution in [2.24, 2.45) is 0 Å². The standard InChI is InChI=1S/C19H19NO/c1-13-12-17(18-8-4-5-11-21-18)20-16-10-9-14-6-2-3-7-15(14)19(13)16/h2-3,6-7,9-10,12,18H,4-5,8,11H2,1H3. The highest BCUT2D eigenvalue weighted by Crippen LogP contribution is 2.32. The second-order valence-electron chi connectivity index (χ2n) is 5.90. The van der Waals surface area contributed by atoms with Crippen LogP contribution in [-0.2, 0) is 4.74 Å². The van der Waals surface area contributed by atoms with E-state index in [4.69, 9.17) is 9.72 Å². The van der Waals surface area contributed by atoms with Gasteiger partial charge in [0.1, 0.15) is 0 Å². The Labute approximate surface area is 124 Å². The van der Waals surface area contributed by atoms with Gasteiger partial charge >= 0.3 is 0 Å². The van der Waals surface area contributed by atoms with Gasteiger partial charge in [-0.1, -0.05) is 30.3 Å². The molecule has 2 heterocycles. The van der Waals surface area contributed by atoms with Gasteiger partial charge in [-0.25, -0.2) is 0 Å². The molecular formula is C19H19NO. The van der Waals surface area contributed by atoms with Crippen LogP contribution in [0.4, 0.5) is 0 Å². The predicted molar refractivity (Wildman–Crippen MR) is 86.5 cm³/mol. The molecule has 21 heavy (non-hydrogen) atoms. The van der Waals surface area contributed by atoms with Crippen LogP contribution in [0.1, 0.15) is 36.6 Å². The Kier molecular flexibility index (Phi) is 3.12. The van der Waals surface area contributed by atoms with Crippen molar-refractivity contribution in [1.82, 2.24) is 4.98 Å². The maximum Gasteiger partial charge on any atom is 0.0994 e. The number of benzene rings is 2. The number of aromatic nitrogens is 1. The molecule has 106 valence electrons. The molecule has 1 aliphatic heterocycles. The van der Waals surface area contributed by atoms with Gasteiger partial charge in [0.15, 0.2) is 0 Å². The van der Waals surface area contributed by atoms with Gasteiger partial charge in [-0.15, -0.1) is 0 Å². The minimum atomic E-state index is 0.174. The molecule has 0 spiro atoms. The average molecular weight is 277 g/mol. The van der Waals surface area contributed by atoms with Crippen molar-refractivity contribution in [3.8, 4) is 0 Å². The Morgan fingerprint density at radius 2 is 2.00 bits per heavy atom. The summed E-state index contributed by atoms with van der Waals surface area (Å²) in [6.07, 6.45) is 3.67. The predicted octanol–water partition coefficient (Wildman–Crippen LogP) is 4.94. The van der Waals surface area contributed by atoms with Gasteiger partial charge in [-0.05, 0) is 54.7 Å². The van der Waals surface area contributed by atoms with E-state index >= 15 is 0 Å². The molecule has 0 N–H and O–H groups in total. The van der Waals surface area contributed by atoms with Crippen molar-refractivity contribution >= 4 is 21.7 Å². The summed E-state index contributed by atoms with van der Waals surface area (Å²) in [6.45, 7) is 3.05. The van der Waals surface area contributed by atoms with Gasteiger partial charge in [0.2, 0.25) is 0 Å². The van der Waals surface area contributed by atoms with E-state index in [1.54, 1.807) is 0 Å². The number of ether oxygens (including phenoxy) is 1. The fourth-order valence-electron chi connectivity index (χ4n) is 3.37. The molecule has 1 fully saturated rings. The van der Waals surface area contributed by atoms with Gasteiger partial charge < -0.3 is 4.74 Å². The smallest absolute Gasteiger partial charge is 0.0994 e. The first-order chi connectivity index (χ1) is 10.3. The lowest BCUT2D eigenvalue weighted by Crippen LogP contribution is -2.13. The van der Waals surface area contributed by atoms with E-state index in [1.165, 1.54) is 34.6 Å². The van der Waals surface area contributed by atoms with Crippen LogP contribution in [0.2, 0.25) is 0 Å². The lowest BCUT2D eigenvalue weighted by atomic mass is 9.98.